The molecule has 0 unspecified atom stereocenters. The molecule has 1 aliphatic carbocycles. The van der Waals surface area contributed by atoms with E-state index in [1.807, 2.05) is 18.2 Å². The summed E-state index contributed by atoms with van der Waals surface area (Å²) in [4.78, 5) is 21.7. The van der Waals surface area contributed by atoms with Gasteiger partial charge in [0.25, 0.3) is 0 Å². The average molecular weight is 407 g/mol. The van der Waals surface area contributed by atoms with E-state index in [0.717, 1.165) is 24.2 Å². The van der Waals surface area contributed by atoms with Crippen LogP contribution >= 0.6 is 11.8 Å². The number of thioether (sulfide) groups is 1. The second kappa shape index (κ2) is 7.44. The number of carbonyl (C=O) groups is 1. The van der Waals surface area contributed by atoms with Crippen molar-refractivity contribution in [3.05, 3.63) is 77.0 Å². The highest BCUT2D eigenvalue weighted by Crippen LogP contribution is 2.41. The van der Waals surface area contributed by atoms with Crippen molar-refractivity contribution in [2.75, 3.05) is 5.32 Å². The van der Waals surface area contributed by atoms with E-state index in [0.29, 0.717) is 34.4 Å². The molecule has 146 valence electrons. The van der Waals surface area contributed by atoms with Gasteiger partial charge in [0.15, 0.2) is 5.78 Å². The van der Waals surface area contributed by atoms with Crippen LogP contribution in [0.1, 0.15) is 36.6 Å². The van der Waals surface area contributed by atoms with E-state index in [4.69, 9.17) is 0 Å². The lowest BCUT2D eigenvalue weighted by molar-refractivity contribution is -0.116. The second-order valence-corrected chi connectivity index (χ2v) is 7.93. The molecule has 3 aromatic rings. The lowest BCUT2D eigenvalue weighted by Crippen LogP contribution is -2.32. The van der Waals surface area contributed by atoms with E-state index >= 15 is 0 Å². The highest BCUT2D eigenvalue weighted by Gasteiger charge is 2.37. The number of hydrogen-bond donors (Lipinski definition) is 1. The van der Waals surface area contributed by atoms with Crippen molar-refractivity contribution in [2.24, 2.45) is 0 Å². The molecular weight excluding hydrogens is 389 g/mol. The number of fused-ring (bicyclic) bond motifs is 1. The summed E-state index contributed by atoms with van der Waals surface area (Å²) in [5, 5.41) is 8.44. The minimum absolute atomic E-state index is 0.0378. The number of ketones is 1. The molecule has 0 spiro atoms. The first-order valence-corrected chi connectivity index (χ1v) is 10.5. The molecule has 0 radical (unpaired) electrons. The molecule has 1 aromatic carbocycles. The first-order chi connectivity index (χ1) is 14.2. The number of nitrogens with one attached hydrogen (secondary N) is 1. The molecular formula is C21H18FN5OS. The number of benzene rings is 1. The van der Waals surface area contributed by atoms with Gasteiger partial charge in [0.1, 0.15) is 11.9 Å². The Bertz CT molecular complexity index is 1110. The predicted octanol–water partition coefficient (Wildman–Crippen LogP) is 4.13. The molecule has 0 fully saturated rings. The van der Waals surface area contributed by atoms with Crippen molar-refractivity contribution in [2.45, 2.75) is 36.2 Å². The quantitative estimate of drug-likeness (QED) is 0.656. The molecule has 1 N–H and O–H groups in total. The van der Waals surface area contributed by atoms with Crippen molar-refractivity contribution < 1.29 is 9.18 Å². The first-order valence-electron chi connectivity index (χ1n) is 9.47. The van der Waals surface area contributed by atoms with Gasteiger partial charge in [0, 0.05) is 35.2 Å². The predicted molar refractivity (Wildman–Crippen MR) is 108 cm³/mol. The van der Waals surface area contributed by atoms with Crippen LogP contribution in [-0.4, -0.2) is 25.5 Å². The zero-order valence-corrected chi connectivity index (χ0v) is 16.3. The molecule has 5 rings (SSSR count). The Labute approximate surface area is 171 Å². The van der Waals surface area contributed by atoms with Crippen molar-refractivity contribution in [1.82, 2.24) is 19.7 Å². The van der Waals surface area contributed by atoms with Gasteiger partial charge in [0.2, 0.25) is 11.1 Å². The minimum atomic E-state index is -0.605. The van der Waals surface area contributed by atoms with Crippen molar-refractivity contribution in [3.8, 4) is 0 Å². The van der Waals surface area contributed by atoms with Crippen LogP contribution in [0.25, 0.3) is 0 Å². The Morgan fingerprint density at radius 2 is 2.03 bits per heavy atom. The standard InChI is InChI=1S/C21H18FN5OS/c22-15-8-2-1-7-14(15)19-18-16(9-5-10-17(18)28)24-20-25-21(26-27(19)20)29-12-13-6-3-4-11-23-13/h1-4,6-8,11,19H,5,9-10,12H2,(H,24,25,26)/t19-/m0/s1. The van der Waals surface area contributed by atoms with Gasteiger partial charge < -0.3 is 5.32 Å². The molecule has 8 heteroatoms. The fourth-order valence-corrected chi connectivity index (χ4v) is 4.55. The fourth-order valence-electron chi connectivity index (χ4n) is 3.80. The van der Waals surface area contributed by atoms with Gasteiger partial charge >= 0.3 is 0 Å². The molecule has 3 heterocycles. The normalized spacial score (nSPS) is 18.2. The SMILES string of the molecule is O=C1CCCC2=C1[C@H](c1ccccc1F)n1nc(SCc3ccccn3)nc1N2. The van der Waals surface area contributed by atoms with E-state index in [9.17, 15) is 9.18 Å². The summed E-state index contributed by atoms with van der Waals surface area (Å²) in [6.07, 6.45) is 3.75. The van der Waals surface area contributed by atoms with Crippen LogP contribution in [0, 0.1) is 5.82 Å². The van der Waals surface area contributed by atoms with Crippen molar-refractivity contribution >= 4 is 23.5 Å². The van der Waals surface area contributed by atoms with Crippen LogP contribution < -0.4 is 5.32 Å². The van der Waals surface area contributed by atoms with Gasteiger partial charge in [-0.05, 0) is 31.0 Å². The van der Waals surface area contributed by atoms with E-state index in [-0.39, 0.29) is 11.6 Å². The molecule has 1 atom stereocenters. The lowest BCUT2D eigenvalue weighted by Gasteiger charge is -2.32. The van der Waals surface area contributed by atoms with Crippen LogP contribution in [0.2, 0.25) is 0 Å². The molecule has 0 saturated carbocycles. The summed E-state index contributed by atoms with van der Waals surface area (Å²) >= 11 is 1.46. The zero-order valence-electron chi connectivity index (χ0n) is 15.5. The minimum Gasteiger partial charge on any atom is -0.328 e. The number of hydrogen-bond acceptors (Lipinski definition) is 6. The largest absolute Gasteiger partial charge is 0.328 e. The number of aromatic nitrogens is 4. The summed E-state index contributed by atoms with van der Waals surface area (Å²) in [6.45, 7) is 0. The van der Waals surface area contributed by atoms with Gasteiger partial charge in [0.05, 0.1) is 5.69 Å². The third kappa shape index (κ3) is 3.33. The Hall–Kier alpha value is -3.00. The molecule has 0 saturated heterocycles. The Morgan fingerprint density at radius 3 is 2.86 bits per heavy atom. The molecule has 0 bridgehead atoms. The maximum atomic E-state index is 14.7. The van der Waals surface area contributed by atoms with Gasteiger partial charge in [-0.2, -0.15) is 4.98 Å². The van der Waals surface area contributed by atoms with E-state index in [2.05, 4.69) is 20.4 Å². The summed E-state index contributed by atoms with van der Waals surface area (Å²) < 4.78 is 16.3. The Kier molecular flexibility index (Phi) is 4.63. The third-order valence-corrected chi connectivity index (χ3v) is 6.00. The molecule has 29 heavy (non-hydrogen) atoms. The molecule has 0 amide bonds. The first kappa shape index (κ1) is 18.1. The number of allylic oxidation sites excluding steroid dienone is 2. The van der Waals surface area contributed by atoms with Crippen LogP contribution in [0.15, 0.2) is 65.1 Å². The van der Waals surface area contributed by atoms with Crippen LogP contribution in [0.3, 0.4) is 0 Å². The highest BCUT2D eigenvalue weighted by atomic mass is 32.2. The van der Waals surface area contributed by atoms with Gasteiger partial charge in [-0.25, -0.2) is 9.07 Å². The molecule has 2 aromatic heterocycles. The smallest absolute Gasteiger partial charge is 0.227 e. The Morgan fingerprint density at radius 1 is 1.17 bits per heavy atom. The molecule has 1 aliphatic heterocycles. The summed E-state index contributed by atoms with van der Waals surface area (Å²) in [7, 11) is 0. The van der Waals surface area contributed by atoms with Crippen LogP contribution in [0.5, 0.6) is 0 Å². The Balaban J connectivity index is 1.54. The van der Waals surface area contributed by atoms with Crippen LogP contribution in [0.4, 0.5) is 10.3 Å². The maximum Gasteiger partial charge on any atom is 0.227 e. The number of rotatable bonds is 4. The van der Waals surface area contributed by atoms with E-state index < -0.39 is 6.04 Å². The van der Waals surface area contributed by atoms with Gasteiger partial charge in [-0.15, -0.1) is 5.10 Å². The average Bonchev–Trinajstić information content (AvgIpc) is 3.15. The van der Waals surface area contributed by atoms with E-state index in [1.165, 1.54) is 17.8 Å². The number of nitrogens with zero attached hydrogens (tertiary/aromatic N) is 4. The van der Waals surface area contributed by atoms with Gasteiger partial charge in [-0.3, -0.25) is 9.78 Å². The maximum absolute atomic E-state index is 14.7. The summed E-state index contributed by atoms with van der Waals surface area (Å²) in [6, 6.07) is 11.7. The van der Waals surface area contributed by atoms with Crippen molar-refractivity contribution in [3.63, 3.8) is 0 Å². The van der Waals surface area contributed by atoms with Gasteiger partial charge in [-0.1, -0.05) is 36.0 Å². The number of Topliss-reactive ketones (excluding diaryl/α,β-unsaturated/α-hetero) is 1. The number of halogens is 1. The van der Waals surface area contributed by atoms with Crippen LogP contribution in [-0.2, 0) is 10.5 Å². The lowest BCUT2D eigenvalue weighted by atomic mass is 9.85. The number of anilines is 1. The number of pyridine rings is 1. The summed E-state index contributed by atoms with van der Waals surface area (Å²) in [5.74, 6) is 0.848. The molecule has 2 aliphatic rings. The number of carbonyl (C=O) groups excluding carboxylic acids is 1. The monoisotopic (exact) mass is 407 g/mol. The zero-order chi connectivity index (χ0) is 19.8. The van der Waals surface area contributed by atoms with E-state index in [1.54, 1.807) is 29.1 Å². The fraction of sp³-hybridized carbons (Fsp3) is 0.238. The second-order valence-electron chi connectivity index (χ2n) is 6.99. The van der Waals surface area contributed by atoms with Crippen molar-refractivity contribution in [1.29, 1.82) is 0 Å². The highest BCUT2D eigenvalue weighted by molar-refractivity contribution is 7.98. The third-order valence-electron chi connectivity index (χ3n) is 5.12. The topological polar surface area (TPSA) is 72.7 Å². The molecule has 6 nitrogen and oxygen atoms in total. The summed E-state index contributed by atoms with van der Waals surface area (Å²) in [5.41, 5.74) is 2.79.